The Bertz CT molecular complexity index is 419. The van der Waals surface area contributed by atoms with E-state index in [0.29, 0.717) is 10.4 Å². The number of aromatic carboxylic acids is 1. The van der Waals surface area contributed by atoms with E-state index in [4.69, 9.17) is 15.9 Å². The van der Waals surface area contributed by atoms with Gasteiger partial charge in [-0.15, -0.1) is 6.42 Å². The second kappa shape index (κ2) is 5.61. The molecule has 0 saturated heterocycles. The highest BCUT2D eigenvalue weighted by molar-refractivity contribution is 9.10. The first-order valence-corrected chi connectivity index (χ1v) is 5.63. The van der Waals surface area contributed by atoms with E-state index in [1.54, 1.807) is 0 Å². The van der Waals surface area contributed by atoms with Crippen LogP contribution in [-0.4, -0.2) is 17.1 Å². The van der Waals surface area contributed by atoms with Gasteiger partial charge in [0.2, 0.25) is 11.6 Å². The number of rotatable bonds is 5. The number of carboxylic acid groups (broad SMARTS) is 1. The summed E-state index contributed by atoms with van der Waals surface area (Å²) in [5.41, 5.74) is 0. The molecule has 0 bridgehead atoms. The Kier molecular flexibility index (Phi) is 4.44. The second-order valence-electron chi connectivity index (χ2n) is 3.25. The molecule has 0 aliphatic rings. The largest absolute Gasteiger partial charge is 0.475 e. The molecule has 2 N–H and O–H groups in total. The minimum atomic E-state index is -1.11. The SMILES string of the molecule is C#CC(CCC)Nc1oc(C(=O)O)cc1Br. The van der Waals surface area contributed by atoms with Crippen molar-refractivity contribution in [1.82, 2.24) is 0 Å². The topological polar surface area (TPSA) is 62.5 Å². The van der Waals surface area contributed by atoms with Crippen LogP contribution in [0.25, 0.3) is 0 Å². The van der Waals surface area contributed by atoms with E-state index in [9.17, 15) is 4.79 Å². The van der Waals surface area contributed by atoms with Crippen molar-refractivity contribution in [2.75, 3.05) is 5.32 Å². The molecule has 1 unspecified atom stereocenters. The summed E-state index contributed by atoms with van der Waals surface area (Å²) in [7, 11) is 0. The fourth-order valence-electron chi connectivity index (χ4n) is 1.22. The summed E-state index contributed by atoms with van der Waals surface area (Å²) in [4.78, 5) is 10.7. The smallest absolute Gasteiger partial charge is 0.371 e. The van der Waals surface area contributed by atoms with Crippen molar-refractivity contribution >= 4 is 27.8 Å². The lowest BCUT2D eigenvalue weighted by molar-refractivity contribution is 0.0663. The molecule has 0 aliphatic carbocycles. The Morgan fingerprint density at radius 3 is 2.94 bits per heavy atom. The second-order valence-corrected chi connectivity index (χ2v) is 4.10. The lowest BCUT2D eigenvalue weighted by Crippen LogP contribution is -2.16. The summed E-state index contributed by atoms with van der Waals surface area (Å²) in [5, 5.41) is 11.7. The third-order valence-corrected chi connectivity index (χ3v) is 2.57. The van der Waals surface area contributed by atoms with Crippen LogP contribution >= 0.6 is 15.9 Å². The summed E-state index contributed by atoms with van der Waals surface area (Å²) >= 11 is 3.21. The molecule has 86 valence electrons. The molecule has 4 nitrogen and oxygen atoms in total. The lowest BCUT2D eigenvalue weighted by Gasteiger charge is -2.10. The van der Waals surface area contributed by atoms with Gasteiger partial charge in [-0.2, -0.15) is 0 Å². The molecule has 0 saturated carbocycles. The van der Waals surface area contributed by atoms with Gasteiger partial charge in [0.05, 0.1) is 10.5 Å². The van der Waals surface area contributed by atoms with Crippen LogP contribution < -0.4 is 5.32 Å². The first kappa shape index (κ1) is 12.7. The molecule has 0 aliphatic heterocycles. The number of carboxylic acids is 1. The lowest BCUT2D eigenvalue weighted by atomic mass is 10.2. The van der Waals surface area contributed by atoms with Crippen molar-refractivity contribution in [3.8, 4) is 12.3 Å². The van der Waals surface area contributed by atoms with E-state index in [1.807, 2.05) is 6.92 Å². The fourth-order valence-corrected chi connectivity index (χ4v) is 1.62. The number of hydrogen-bond acceptors (Lipinski definition) is 3. The minimum absolute atomic E-state index is 0.123. The third-order valence-electron chi connectivity index (χ3n) is 1.98. The van der Waals surface area contributed by atoms with Crippen LogP contribution in [0.2, 0.25) is 0 Å². The standard InChI is InChI=1S/C11H12BrNO3/c1-3-5-7(4-2)13-10-8(12)6-9(16-10)11(14)15/h2,6-7,13H,3,5H2,1H3,(H,14,15). The van der Waals surface area contributed by atoms with Crippen LogP contribution in [0.1, 0.15) is 30.3 Å². The number of furan rings is 1. The van der Waals surface area contributed by atoms with Gasteiger partial charge in [0.1, 0.15) is 0 Å². The molecule has 16 heavy (non-hydrogen) atoms. The molecule has 0 fully saturated rings. The maximum Gasteiger partial charge on any atom is 0.371 e. The number of hydrogen-bond donors (Lipinski definition) is 2. The van der Waals surface area contributed by atoms with E-state index < -0.39 is 5.97 Å². The van der Waals surface area contributed by atoms with E-state index >= 15 is 0 Å². The van der Waals surface area contributed by atoms with Gasteiger partial charge in [0.15, 0.2) is 0 Å². The summed E-state index contributed by atoms with van der Waals surface area (Å²) < 4.78 is 5.66. The van der Waals surface area contributed by atoms with Crippen LogP contribution in [0.4, 0.5) is 5.88 Å². The van der Waals surface area contributed by atoms with Gasteiger partial charge in [0.25, 0.3) is 0 Å². The summed E-state index contributed by atoms with van der Waals surface area (Å²) in [6.45, 7) is 2.02. The minimum Gasteiger partial charge on any atom is -0.475 e. The molecule has 1 aromatic rings. The Balaban J connectivity index is 2.81. The van der Waals surface area contributed by atoms with Crippen molar-refractivity contribution < 1.29 is 14.3 Å². The highest BCUT2D eigenvalue weighted by Gasteiger charge is 2.16. The van der Waals surface area contributed by atoms with Crippen LogP contribution in [-0.2, 0) is 0 Å². The van der Waals surface area contributed by atoms with Gasteiger partial charge >= 0.3 is 5.97 Å². The molecule has 0 radical (unpaired) electrons. The zero-order valence-corrected chi connectivity index (χ0v) is 10.4. The van der Waals surface area contributed by atoms with Crippen molar-refractivity contribution in [1.29, 1.82) is 0 Å². The maximum absolute atomic E-state index is 10.7. The first-order valence-electron chi connectivity index (χ1n) is 4.83. The fraction of sp³-hybridized carbons (Fsp3) is 0.364. The normalized spacial score (nSPS) is 11.8. The monoisotopic (exact) mass is 285 g/mol. The third kappa shape index (κ3) is 3.04. The van der Waals surface area contributed by atoms with Crippen molar-refractivity contribution in [2.24, 2.45) is 0 Å². The molecule has 1 rings (SSSR count). The van der Waals surface area contributed by atoms with Crippen molar-refractivity contribution in [2.45, 2.75) is 25.8 Å². The quantitative estimate of drug-likeness (QED) is 0.817. The van der Waals surface area contributed by atoms with Gasteiger partial charge in [-0.25, -0.2) is 4.79 Å². The average Bonchev–Trinajstić information content (AvgIpc) is 2.60. The van der Waals surface area contributed by atoms with Gasteiger partial charge in [-0.05, 0) is 22.4 Å². The summed E-state index contributed by atoms with van der Waals surface area (Å²) in [6, 6.07) is 1.23. The first-order chi connectivity index (χ1) is 7.58. The van der Waals surface area contributed by atoms with Gasteiger partial charge in [-0.1, -0.05) is 19.3 Å². The predicted molar refractivity (Wildman–Crippen MR) is 64.5 cm³/mol. The molecule has 0 amide bonds. The van der Waals surface area contributed by atoms with Crippen LogP contribution in [0.5, 0.6) is 0 Å². The van der Waals surface area contributed by atoms with Crippen molar-refractivity contribution in [3.05, 3.63) is 16.3 Å². The van der Waals surface area contributed by atoms with Gasteiger partial charge < -0.3 is 14.8 Å². The Morgan fingerprint density at radius 1 is 1.81 bits per heavy atom. The summed E-state index contributed by atoms with van der Waals surface area (Å²) in [5.74, 6) is 1.70. The molecule has 1 aromatic heterocycles. The van der Waals surface area contributed by atoms with Crippen LogP contribution in [0, 0.1) is 12.3 Å². The highest BCUT2D eigenvalue weighted by Crippen LogP contribution is 2.27. The van der Waals surface area contributed by atoms with Crippen LogP contribution in [0.15, 0.2) is 15.0 Å². The molecule has 1 heterocycles. The average molecular weight is 286 g/mol. The maximum atomic E-state index is 10.7. The molecule has 1 atom stereocenters. The zero-order chi connectivity index (χ0) is 12.1. The molecule has 5 heteroatoms. The molecule has 0 aromatic carbocycles. The number of anilines is 1. The zero-order valence-electron chi connectivity index (χ0n) is 8.79. The van der Waals surface area contributed by atoms with Crippen LogP contribution in [0.3, 0.4) is 0 Å². The molecular formula is C11H12BrNO3. The summed E-state index contributed by atoms with van der Waals surface area (Å²) in [6.07, 6.45) is 7.07. The number of nitrogens with one attached hydrogen (secondary N) is 1. The number of carbonyl (C=O) groups is 1. The molecular weight excluding hydrogens is 274 g/mol. The van der Waals surface area contributed by atoms with Gasteiger partial charge in [0, 0.05) is 6.07 Å². The van der Waals surface area contributed by atoms with Crippen molar-refractivity contribution in [3.63, 3.8) is 0 Å². The van der Waals surface area contributed by atoms with E-state index in [0.717, 1.165) is 12.8 Å². The number of halogens is 1. The van der Waals surface area contributed by atoms with E-state index in [1.165, 1.54) is 6.07 Å². The number of terminal acetylenes is 1. The molecule has 0 spiro atoms. The Hall–Kier alpha value is -1.41. The highest BCUT2D eigenvalue weighted by atomic mass is 79.9. The predicted octanol–water partition coefficient (Wildman–Crippen LogP) is 2.95. The van der Waals surface area contributed by atoms with E-state index in [2.05, 4.69) is 27.2 Å². The van der Waals surface area contributed by atoms with E-state index in [-0.39, 0.29) is 11.8 Å². The van der Waals surface area contributed by atoms with Gasteiger partial charge in [-0.3, -0.25) is 0 Å². The Morgan fingerprint density at radius 2 is 2.50 bits per heavy atom. The Labute approximate surface area is 102 Å².